The van der Waals surface area contributed by atoms with Crippen LogP contribution in [0.1, 0.15) is 11.4 Å². The van der Waals surface area contributed by atoms with E-state index in [2.05, 4.69) is 20.6 Å². The molecule has 0 spiro atoms. The Balaban J connectivity index is 1.61. The lowest BCUT2D eigenvalue weighted by Gasteiger charge is -2.21. The van der Waals surface area contributed by atoms with Gasteiger partial charge in [0.25, 0.3) is 0 Å². The zero-order valence-electron chi connectivity index (χ0n) is 12.5. The van der Waals surface area contributed by atoms with Gasteiger partial charge in [0.05, 0.1) is 12.8 Å². The maximum atomic E-state index is 14.2. The van der Waals surface area contributed by atoms with Crippen molar-refractivity contribution in [1.82, 2.24) is 31.0 Å². The summed E-state index contributed by atoms with van der Waals surface area (Å²) in [5.74, 6) is 1.39. The number of furan rings is 1. The number of halogens is 1. The molecule has 0 bridgehead atoms. The van der Waals surface area contributed by atoms with E-state index in [9.17, 15) is 4.48 Å². The number of benzene rings is 1. The molecular weight excluding hydrogens is 313 g/mol. The Bertz CT molecular complexity index is 859. The minimum atomic E-state index is 0.198. The maximum Gasteiger partial charge on any atom is 0.217 e. The van der Waals surface area contributed by atoms with Crippen LogP contribution >= 0.6 is 0 Å². The summed E-state index contributed by atoms with van der Waals surface area (Å²) in [4.78, 5) is 4.28. The average molecular weight is 327 g/mol. The zero-order chi connectivity index (χ0) is 16.5. The number of nitrogens with one attached hydrogen (secondary N) is 2. The van der Waals surface area contributed by atoms with Crippen molar-refractivity contribution in [3.8, 4) is 11.6 Å². The predicted molar refractivity (Wildman–Crippen MR) is 83.3 cm³/mol. The van der Waals surface area contributed by atoms with Crippen molar-refractivity contribution in [2.45, 2.75) is 6.54 Å². The number of nitrogens with two attached hydrogens (primary N) is 1. The van der Waals surface area contributed by atoms with Crippen LogP contribution in [0.4, 0.5) is 4.48 Å². The largest absolute Gasteiger partial charge is 0.461 e. The maximum absolute atomic E-state index is 14.2. The molecule has 1 aliphatic rings. The van der Waals surface area contributed by atoms with Crippen LogP contribution < -0.4 is 11.2 Å². The van der Waals surface area contributed by atoms with Gasteiger partial charge in [-0.3, -0.25) is 10.5 Å². The quantitative estimate of drug-likeness (QED) is 0.628. The van der Waals surface area contributed by atoms with Crippen LogP contribution in [0.5, 0.6) is 0 Å². The van der Waals surface area contributed by atoms with Crippen LogP contribution in [0.2, 0.25) is 0 Å². The van der Waals surface area contributed by atoms with Gasteiger partial charge >= 0.3 is 0 Å². The van der Waals surface area contributed by atoms with Crippen LogP contribution in [0, 0.1) is 0 Å². The highest BCUT2D eigenvalue weighted by molar-refractivity contribution is 5.63. The van der Waals surface area contributed by atoms with Crippen molar-refractivity contribution in [3.63, 3.8) is 0 Å². The third-order valence-corrected chi connectivity index (χ3v) is 3.59. The number of hydrazine groups is 2. The predicted octanol–water partition coefficient (Wildman–Crippen LogP) is 1.77. The van der Waals surface area contributed by atoms with Gasteiger partial charge in [0.15, 0.2) is 11.6 Å². The number of nitrogens with zero attached hydrogens (tertiary/aromatic N) is 4. The van der Waals surface area contributed by atoms with Gasteiger partial charge in [-0.2, -0.15) is 0 Å². The van der Waals surface area contributed by atoms with Gasteiger partial charge in [0, 0.05) is 5.34 Å². The highest BCUT2D eigenvalue weighted by Crippen LogP contribution is 2.25. The molecule has 0 unspecified atom stereocenters. The van der Waals surface area contributed by atoms with Crippen molar-refractivity contribution in [2.75, 3.05) is 0 Å². The van der Waals surface area contributed by atoms with Crippen LogP contribution in [-0.4, -0.2) is 25.5 Å². The lowest BCUT2D eigenvalue weighted by atomic mass is 10.2. The van der Waals surface area contributed by atoms with Gasteiger partial charge in [-0.05, 0) is 17.7 Å². The Morgan fingerprint density at radius 1 is 1.17 bits per heavy atom. The summed E-state index contributed by atoms with van der Waals surface area (Å²) >= 11 is 0. The van der Waals surface area contributed by atoms with Gasteiger partial charge in [-0.15, -0.1) is 5.10 Å². The Morgan fingerprint density at radius 2 is 2.00 bits per heavy atom. The van der Waals surface area contributed by atoms with Gasteiger partial charge in [-0.25, -0.2) is 9.99 Å². The third kappa shape index (κ3) is 2.46. The highest BCUT2D eigenvalue weighted by atomic mass is 19.2. The van der Waals surface area contributed by atoms with Crippen LogP contribution in [-0.2, 0) is 6.54 Å². The zero-order valence-corrected chi connectivity index (χ0v) is 12.5. The molecule has 1 aliphatic heterocycles. The van der Waals surface area contributed by atoms with E-state index in [4.69, 9.17) is 10.2 Å². The number of aromatic amines is 1. The van der Waals surface area contributed by atoms with E-state index in [1.54, 1.807) is 12.1 Å². The first-order valence-corrected chi connectivity index (χ1v) is 7.22. The Kier molecular flexibility index (Phi) is 3.39. The average Bonchev–Trinajstić information content (AvgIpc) is 3.32. The van der Waals surface area contributed by atoms with E-state index in [0.717, 1.165) is 5.56 Å². The molecule has 2 aromatic heterocycles. The van der Waals surface area contributed by atoms with E-state index in [0.29, 0.717) is 28.4 Å². The number of H-pyrrole nitrogens is 1. The summed E-state index contributed by atoms with van der Waals surface area (Å²) in [6.45, 7) is 0.277. The SMILES string of the molecule is NC1=C(c2nc(-c3ccco3)n[nH]2)NN(F)N1Cc1ccccc1. The molecule has 0 saturated carbocycles. The monoisotopic (exact) mass is 327 g/mol. The first kappa shape index (κ1) is 14.3. The Morgan fingerprint density at radius 3 is 2.75 bits per heavy atom. The molecule has 1 aromatic carbocycles. The number of rotatable bonds is 4. The first-order valence-electron chi connectivity index (χ1n) is 7.22. The smallest absolute Gasteiger partial charge is 0.217 e. The van der Waals surface area contributed by atoms with E-state index in [-0.39, 0.29) is 12.4 Å². The molecule has 8 nitrogen and oxygen atoms in total. The molecule has 4 rings (SSSR count). The molecule has 4 N–H and O–H groups in total. The van der Waals surface area contributed by atoms with Crippen molar-refractivity contribution < 1.29 is 8.90 Å². The standard InChI is InChI=1S/C15H14FN7O/c16-23-21-12(13(17)22(23)9-10-5-2-1-3-6-10)15-18-14(19-20-15)11-7-4-8-24-11/h1-8,21H,9,17H2,(H,18,19,20). The molecule has 0 amide bonds. The summed E-state index contributed by atoms with van der Waals surface area (Å²) in [6, 6.07) is 12.9. The summed E-state index contributed by atoms with van der Waals surface area (Å²) < 4.78 is 19.4. The second-order valence-corrected chi connectivity index (χ2v) is 5.16. The fourth-order valence-corrected chi connectivity index (χ4v) is 2.40. The molecule has 3 aromatic rings. The van der Waals surface area contributed by atoms with Gasteiger partial charge in [-0.1, -0.05) is 34.8 Å². The lowest BCUT2D eigenvalue weighted by molar-refractivity contribution is -0.169. The molecule has 0 saturated heterocycles. The van der Waals surface area contributed by atoms with E-state index in [1.165, 1.54) is 11.3 Å². The van der Waals surface area contributed by atoms with Crippen molar-refractivity contribution in [2.24, 2.45) is 5.73 Å². The Hall–Kier alpha value is -3.33. The minimum absolute atomic E-state index is 0.198. The first-order chi connectivity index (χ1) is 11.7. The topological polar surface area (TPSA) is 99.2 Å². The number of hydrogen-bond donors (Lipinski definition) is 3. The molecule has 0 atom stereocenters. The van der Waals surface area contributed by atoms with Gasteiger partial charge in [0.2, 0.25) is 5.82 Å². The normalized spacial score (nSPS) is 15.1. The van der Waals surface area contributed by atoms with E-state index < -0.39 is 0 Å². The summed E-state index contributed by atoms with van der Waals surface area (Å²) in [7, 11) is 0. The molecule has 0 aliphatic carbocycles. The summed E-state index contributed by atoms with van der Waals surface area (Å²) in [5.41, 5.74) is 9.82. The van der Waals surface area contributed by atoms with E-state index >= 15 is 0 Å². The molecular formula is C15H14FN7O. The fraction of sp³-hybridized carbons (Fsp3) is 0.0667. The molecule has 0 radical (unpaired) electrons. The molecule has 24 heavy (non-hydrogen) atoms. The highest BCUT2D eigenvalue weighted by Gasteiger charge is 2.31. The molecule has 122 valence electrons. The summed E-state index contributed by atoms with van der Waals surface area (Å²) in [5, 5.41) is 8.37. The fourth-order valence-electron chi connectivity index (χ4n) is 2.40. The third-order valence-electron chi connectivity index (χ3n) is 3.59. The second-order valence-electron chi connectivity index (χ2n) is 5.16. The summed E-state index contributed by atoms with van der Waals surface area (Å²) in [6.07, 6.45) is 1.53. The minimum Gasteiger partial charge on any atom is -0.461 e. The number of aromatic nitrogens is 3. The Labute approximate surface area is 136 Å². The second kappa shape index (κ2) is 5.70. The molecule has 0 fully saturated rings. The lowest BCUT2D eigenvalue weighted by Crippen LogP contribution is -2.37. The molecule has 3 heterocycles. The van der Waals surface area contributed by atoms with Crippen molar-refractivity contribution in [3.05, 3.63) is 65.9 Å². The van der Waals surface area contributed by atoms with Crippen LogP contribution in [0.15, 0.2) is 59.0 Å². The van der Waals surface area contributed by atoms with Crippen LogP contribution in [0.3, 0.4) is 0 Å². The van der Waals surface area contributed by atoms with Gasteiger partial charge in [0.1, 0.15) is 11.5 Å². The van der Waals surface area contributed by atoms with Gasteiger partial charge < -0.3 is 10.2 Å². The van der Waals surface area contributed by atoms with E-state index in [1.807, 2.05) is 30.3 Å². The number of hydrogen-bond acceptors (Lipinski definition) is 7. The van der Waals surface area contributed by atoms with Crippen molar-refractivity contribution in [1.29, 1.82) is 0 Å². The van der Waals surface area contributed by atoms with Crippen molar-refractivity contribution >= 4 is 5.70 Å². The van der Waals surface area contributed by atoms with Crippen LogP contribution in [0.25, 0.3) is 17.3 Å². The molecule has 9 heteroatoms.